The zero-order chi connectivity index (χ0) is 15.1. The summed E-state index contributed by atoms with van der Waals surface area (Å²) in [7, 11) is 1.83. The molecule has 114 valence electrons. The first-order valence-corrected chi connectivity index (χ1v) is 8.03. The zero-order valence-corrected chi connectivity index (χ0v) is 13.4. The van der Waals surface area contributed by atoms with Gasteiger partial charge in [-0.3, -0.25) is 0 Å². The molecule has 0 spiro atoms. The minimum atomic E-state index is 0.272. The third-order valence-electron chi connectivity index (χ3n) is 4.11. The normalized spacial score (nSPS) is 14.2. The molecule has 21 heavy (non-hydrogen) atoms. The summed E-state index contributed by atoms with van der Waals surface area (Å²) in [5.74, 6) is 0. The lowest BCUT2D eigenvalue weighted by Gasteiger charge is -2.27. The zero-order valence-electron chi connectivity index (χ0n) is 13.4. The molecular weight excluding hydrogens is 258 g/mol. The van der Waals surface area contributed by atoms with Crippen LogP contribution in [0, 0.1) is 0 Å². The van der Waals surface area contributed by atoms with Gasteiger partial charge in [-0.05, 0) is 35.7 Å². The molecule has 2 rings (SSSR count). The Labute approximate surface area is 128 Å². The molecule has 0 bridgehead atoms. The minimum Gasteiger partial charge on any atom is -0.380 e. The van der Waals surface area contributed by atoms with Gasteiger partial charge in [-0.1, -0.05) is 62.7 Å². The van der Waals surface area contributed by atoms with Crippen LogP contribution in [0.25, 0.3) is 10.8 Å². The van der Waals surface area contributed by atoms with E-state index >= 15 is 0 Å². The highest BCUT2D eigenvalue weighted by molar-refractivity contribution is 5.85. The van der Waals surface area contributed by atoms with Gasteiger partial charge in [0.2, 0.25) is 0 Å². The fourth-order valence-corrected chi connectivity index (χ4v) is 3.07. The Morgan fingerprint density at radius 2 is 1.81 bits per heavy atom. The van der Waals surface area contributed by atoms with Crippen molar-refractivity contribution in [1.82, 2.24) is 5.32 Å². The van der Waals surface area contributed by atoms with Crippen molar-refractivity contribution in [2.24, 2.45) is 0 Å². The highest BCUT2D eigenvalue weighted by atomic mass is 16.5. The topological polar surface area (TPSA) is 21.3 Å². The molecule has 0 fully saturated rings. The number of likely N-dealkylation sites (N-methyl/N-ethyl adjacent to an activating group) is 1. The van der Waals surface area contributed by atoms with Gasteiger partial charge >= 0.3 is 0 Å². The summed E-state index contributed by atoms with van der Waals surface area (Å²) in [4.78, 5) is 0. The van der Waals surface area contributed by atoms with Crippen molar-refractivity contribution < 1.29 is 4.74 Å². The van der Waals surface area contributed by atoms with E-state index < -0.39 is 0 Å². The fourth-order valence-electron chi connectivity index (χ4n) is 3.07. The van der Waals surface area contributed by atoms with E-state index in [-0.39, 0.29) is 6.10 Å². The molecule has 0 saturated heterocycles. The van der Waals surface area contributed by atoms with Crippen molar-refractivity contribution in [2.75, 3.05) is 13.7 Å². The molecule has 0 amide bonds. The Morgan fingerprint density at radius 1 is 1.05 bits per heavy atom. The summed E-state index contributed by atoms with van der Waals surface area (Å²) in [5.41, 5.74) is 1.40. The second-order valence-electron chi connectivity index (χ2n) is 5.57. The van der Waals surface area contributed by atoms with E-state index in [1.165, 1.54) is 16.3 Å². The van der Waals surface area contributed by atoms with Crippen LogP contribution in [0.4, 0.5) is 0 Å². The van der Waals surface area contributed by atoms with E-state index in [0.717, 1.165) is 25.8 Å². The van der Waals surface area contributed by atoms with Crippen molar-refractivity contribution >= 4 is 10.8 Å². The van der Waals surface area contributed by atoms with Gasteiger partial charge in [-0.15, -0.1) is 0 Å². The van der Waals surface area contributed by atoms with E-state index in [2.05, 4.69) is 61.6 Å². The highest BCUT2D eigenvalue weighted by Gasteiger charge is 2.20. The Hall–Kier alpha value is -1.38. The predicted molar refractivity (Wildman–Crippen MR) is 90.8 cm³/mol. The van der Waals surface area contributed by atoms with E-state index in [1.54, 1.807) is 0 Å². The quantitative estimate of drug-likeness (QED) is 0.786. The van der Waals surface area contributed by atoms with Crippen LogP contribution in [-0.2, 0) is 11.2 Å². The van der Waals surface area contributed by atoms with Gasteiger partial charge in [0.1, 0.15) is 0 Å². The van der Waals surface area contributed by atoms with Gasteiger partial charge < -0.3 is 10.1 Å². The van der Waals surface area contributed by atoms with Crippen molar-refractivity contribution in [1.29, 1.82) is 0 Å². The summed E-state index contributed by atoms with van der Waals surface area (Å²) in [6, 6.07) is 15.6. The molecular formula is C19H27NO. The van der Waals surface area contributed by atoms with Crippen molar-refractivity contribution in [3.05, 3.63) is 48.0 Å². The third-order valence-corrected chi connectivity index (χ3v) is 4.11. The first-order valence-electron chi connectivity index (χ1n) is 8.03. The Balaban J connectivity index is 2.25. The monoisotopic (exact) mass is 285 g/mol. The SMILES string of the molecule is CCCC(OC)C(Cc1cccc2ccccc12)NCC. The second-order valence-corrected chi connectivity index (χ2v) is 5.57. The van der Waals surface area contributed by atoms with Gasteiger partial charge in [-0.25, -0.2) is 0 Å². The van der Waals surface area contributed by atoms with E-state index in [9.17, 15) is 0 Å². The molecule has 1 N–H and O–H groups in total. The summed E-state index contributed by atoms with van der Waals surface area (Å²) < 4.78 is 5.73. The fraction of sp³-hybridized carbons (Fsp3) is 0.474. The van der Waals surface area contributed by atoms with Crippen LogP contribution in [0.2, 0.25) is 0 Å². The molecule has 2 aromatic carbocycles. The molecule has 2 aromatic rings. The van der Waals surface area contributed by atoms with Crippen LogP contribution >= 0.6 is 0 Å². The number of hydrogen-bond donors (Lipinski definition) is 1. The number of fused-ring (bicyclic) bond motifs is 1. The lowest BCUT2D eigenvalue weighted by molar-refractivity contribution is 0.0615. The molecule has 0 heterocycles. The highest BCUT2D eigenvalue weighted by Crippen LogP contribution is 2.21. The van der Waals surface area contributed by atoms with Crippen molar-refractivity contribution in [2.45, 2.75) is 45.3 Å². The second kappa shape index (κ2) is 8.16. The van der Waals surface area contributed by atoms with Gasteiger partial charge in [0.15, 0.2) is 0 Å². The standard InChI is InChI=1S/C19H27NO/c1-4-9-19(21-3)18(20-5-2)14-16-12-8-11-15-10-6-7-13-17(15)16/h6-8,10-13,18-20H,4-5,9,14H2,1-3H3. The molecule has 0 aliphatic carbocycles. The lowest BCUT2D eigenvalue weighted by Crippen LogP contribution is -2.42. The van der Waals surface area contributed by atoms with Crippen LogP contribution in [0.3, 0.4) is 0 Å². The summed E-state index contributed by atoms with van der Waals surface area (Å²) in [6.07, 6.45) is 3.52. The summed E-state index contributed by atoms with van der Waals surface area (Å²) >= 11 is 0. The van der Waals surface area contributed by atoms with Crippen LogP contribution in [0.5, 0.6) is 0 Å². The molecule has 2 nitrogen and oxygen atoms in total. The largest absolute Gasteiger partial charge is 0.380 e. The molecule has 0 radical (unpaired) electrons. The molecule has 2 heteroatoms. The van der Waals surface area contributed by atoms with Gasteiger partial charge in [0.25, 0.3) is 0 Å². The maximum absolute atomic E-state index is 5.73. The average molecular weight is 285 g/mol. The molecule has 0 aliphatic heterocycles. The molecule has 2 unspecified atom stereocenters. The number of rotatable bonds is 8. The third kappa shape index (κ3) is 4.05. The first-order chi connectivity index (χ1) is 10.3. The number of benzene rings is 2. The Morgan fingerprint density at radius 3 is 2.52 bits per heavy atom. The number of nitrogens with one attached hydrogen (secondary N) is 1. The Kier molecular flexibility index (Phi) is 6.21. The van der Waals surface area contributed by atoms with Crippen LogP contribution in [0.1, 0.15) is 32.3 Å². The van der Waals surface area contributed by atoms with Crippen LogP contribution in [-0.4, -0.2) is 25.8 Å². The van der Waals surface area contributed by atoms with Gasteiger partial charge in [0, 0.05) is 13.2 Å². The maximum atomic E-state index is 5.73. The molecule has 0 aromatic heterocycles. The lowest BCUT2D eigenvalue weighted by atomic mass is 9.94. The molecule has 0 saturated carbocycles. The number of ether oxygens (including phenoxy) is 1. The van der Waals surface area contributed by atoms with Crippen LogP contribution < -0.4 is 5.32 Å². The number of hydrogen-bond acceptors (Lipinski definition) is 2. The van der Waals surface area contributed by atoms with Gasteiger partial charge in [0.05, 0.1) is 6.10 Å². The molecule has 2 atom stereocenters. The number of methoxy groups -OCH3 is 1. The van der Waals surface area contributed by atoms with Crippen molar-refractivity contribution in [3.63, 3.8) is 0 Å². The summed E-state index contributed by atoms with van der Waals surface area (Å²) in [6.45, 7) is 5.35. The minimum absolute atomic E-state index is 0.272. The average Bonchev–Trinajstić information content (AvgIpc) is 2.52. The molecule has 0 aliphatic rings. The maximum Gasteiger partial charge on any atom is 0.0727 e. The first kappa shape index (κ1) is 16.0. The van der Waals surface area contributed by atoms with Crippen LogP contribution in [0.15, 0.2) is 42.5 Å². The van der Waals surface area contributed by atoms with Crippen molar-refractivity contribution in [3.8, 4) is 0 Å². The van der Waals surface area contributed by atoms with E-state index in [0.29, 0.717) is 6.04 Å². The predicted octanol–water partition coefficient (Wildman–Crippen LogP) is 4.18. The summed E-state index contributed by atoms with van der Waals surface area (Å²) in [5, 5.41) is 6.28. The Bertz CT molecular complexity index is 547. The van der Waals surface area contributed by atoms with E-state index in [4.69, 9.17) is 4.74 Å². The smallest absolute Gasteiger partial charge is 0.0727 e. The van der Waals surface area contributed by atoms with E-state index in [1.807, 2.05) is 7.11 Å². The van der Waals surface area contributed by atoms with Gasteiger partial charge in [-0.2, -0.15) is 0 Å².